The van der Waals surface area contributed by atoms with E-state index in [1.54, 1.807) is 18.3 Å². The average Bonchev–Trinajstić information content (AvgIpc) is 3.04. The fraction of sp³-hybridized carbons (Fsp3) is 0.375. The van der Waals surface area contributed by atoms with Crippen molar-refractivity contribution in [2.75, 3.05) is 13.1 Å². The van der Waals surface area contributed by atoms with E-state index < -0.39 is 0 Å². The molecule has 1 fully saturated rings. The lowest BCUT2D eigenvalue weighted by atomic mass is 9.95. The fourth-order valence-electron chi connectivity index (χ4n) is 2.79. The predicted octanol–water partition coefficient (Wildman–Crippen LogP) is 2.50. The standard InChI is InChI=1S/C16H18FN3O/c17-14-3-1-12(2-4-14)11-15(21)20-9-5-13(6-10-20)16-18-7-8-19-16/h1-4,7-8,13H,5-6,9-11H2,(H,18,19). The predicted molar refractivity (Wildman–Crippen MR) is 77.2 cm³/mol. The zero-order valence-corrected chi connectivity index (χ0v) is 11.8. The van der Waals surface area contributed by atoms with Crippen LogP contribution in [0.5, 0.6) is 0 Å². The van der Waals surface area contributed by atoms with Gasteiger partial charge in [0.15, 0.2) is 0 Å². The highest BCUT2D eigenvalue weighted by Crippen LogP contribution is 2.25. The van der Waals surface area contributed by atoms with Gasteiger partial charge in [-0.05, 0) is 30.5 Å². The molecule has 1 aliphatic heterocycles. The smallest absolute Gasteiger partial charge is 0.226 e. The first-order chi connectivity index (χ1) is 10.2. The Balaban J connectivity index is 1.54. The largest absolute Gasteiger partial charge is 0.348 e. The van der Waals surface area contributed by atoms with Gasteiger partial charge < -0.3 is 9.88 Å². The fourth-order valence-corrected chi connectivity index (χ4v) is 2.79. The van der Waals surface area contributed by atoms with Gasteiger partial charge in [-0.3, -0.25) is 4.79 Å². The Bertz CT molecular complexity index is 586. The van der Waals surface area contributed by atoms with Crippen molar-refractivity contribution in [2.24, 2.45) is 0 Å². The van der Waals surface area contributed by atoms with Crippen molar-refractivity contribution in [3.05, 3.63) is 53.9 Å². The lowest BCUT2D eigenvalue weighted by molar-refractivity contribution is -0.131. The third-order valence-electron chi connectivity index (χ3n) is 4.02. The first-order valence-electron chi connectivity index (χ1n) is 7.24. The maximum atomic E-state index is 12.9. The van der Waals surface area contributed by atoms with E-state index in [0.717, 1.165) is 37.3 Å². The number of likely N-dealkylation sites (tertiary alicyclic amines) is 1. The molecule has 0 bridgehead atoms. The molecule has 2 aromatic rings. The second kappa shape index (κ2) is 6.08. The summed E-state index contributed by atoms with van der Waals surface area (Å²) < 4.78 is 12.9. The minimum Gasteiger partial charge on any atom is -0.348 e. The lowest BCUT2D eigenvalue weighted by Crippen LogP contribution is -2.38. The molecule has 0 radical (unpaired) electrons. The van der Waals surface area contributed by atoms with E-state index in [4.69, 9.17) is 0 Å². The van der Waals surface area contributed by atoms with E-state index in [0.29, 0.717) is 12.3 Å². The van der Waals surface area contributed by atoms with E-state index in [1.165, 1.54) is 12.1 Å². The molecule has 0 unspecified atom stereocenters. The molecule has 1 aromatic heterocycles. The van der Waals surface area contributed by atoms with Crippen LogP contribution in [0.3, 0.4) is 0 Å². The molecule has 0 saturated carbocycles. The number of H-pyrrole nitrogens is 1. The molecule has 4 nitrogen and oxygen atoms in total. The number of piperidine rings is 1. The Morgan fingerprint density at radius 2 is 2.00 bits per heavy atom. The summed E-state index contributed by atoms with van der Waals surface area (Å²) in [6.45, 7) is 1.51. The van der Waals surface area contributed by atoms with Crippen LogP contribution in [-0.4, -0.2) is 33.9 Å². The van der Waals surface area contributed by atoms with Crippen molar-refractivity contribution in [3.8, 4) is 0 Å². The Morgan fingerprint density at radius 3 is 2.62 bits per heavy atom. The molecule has 21 heavy (non-hydrogen) atoms. The summed E-state index contributed by atoms with van der Waals surface area (Å²) in [5, 5.41) is 0. The monoisotopic (exact) mass is 287 g/mol. The number of rotatable bonds is 3. The van der Waals surface area contributed by atoms with Gasteiger partial charge in [0, 0.05) is 31.4 Å². The summed E-state index contributed by atoms with van der Waals surface area (Å²) in [4.78, 5) is 21.6. The molecular formula is C16H18FN3O. The number of hydrogen-bond acceptors (Lipinski definition) is 2. The molecule has 1 aromatic carbocycles. The Morgan fingerprint density at radius 1 is 1.29 bits per heavy atom. The number of halogens is 1. The molecule has 1 N–H and O–H groups in total. The number of nitrogens with one attached hydrogen (secondary N) is 1. The van der Waals surface area contributed by atoms with Gasteiger partial charge >= 0.3 is 0 Å². The number of imidazole rings is 1. The topological polar surface area (TPSA) is 49.0 Å². The van der Waals surface area contributed by atoms with Crippen LogP contribution in [0, 0.1) is 5.82 Å². The van der Waals surface area contributed by atoms with Crippen molar-refractivity contribution in [1.82, 2.24) is 14.9 Å². The van der Waals surface area contributed by atoms with Crippen LogP contribution in [0.15, 0.2) is 36.7 Å². The Hall–Kier alpha value is -2.17. The van der Waals surface area contributed by atoms with Gasteiger partial charge in [-0.1, -0.05) is 12.1 Å². The van der Waals surface area contributed by atoms with Gasteiger partial charge in [0.2, 0.25) is 5.91 Å². The molecule has 110 valence electrons. The van der Waals surface area contributed by atoms with E-state index in [9.17, 15) is 9.18 Å². The van der Waals surface area contributed by atoms with Gasteiger partial charge in [0.1, 0.15) is 11.6 Å². The number of aromatic amines is 1. The second-order valence-corrected chi connectivity index (χ2v) is 5.43. The molecule has 2 heterocycles. The van der Waals surface area contributed by atoms with Crippen LogP contribution >= 0.6 is 0 Å². The number of hydrogen-bond donors (Lipinski definition) is 1. The number of amides is 1. The normalized spacial score (nSPS) is 16.1. The third-order valence-corrected chi connectivity index (χ3v) is 4.02. The van der Waals surface area contributed by atoms with Crippen LogP contribution in [0.25, 0.3) is 0 Å². The highest BCUT2D eigenvalue weighted by atomic mass is 19.1. The number of benzene rings is 1. The number of carbonyl (C=O) groups excluding carboxylic acids is 1. The second-order valence-electron chi connectivity index (χ2n) is 5.43. The van der Waals surface area contributed by atoms with Crippen molar-refractivity contribution < 1.29 is 9.18 Å². The summed E-state index contributed by atoms with van der Waals surface area (Å²) in [6, 6.07) is 6.13. The van der Waals surface area contributed by atoms with Crippen LogP contribution in [0.2, 0.25) is 0 Å². The van der Waals surface area contributed by atoms with E-state index in [-0.39, 0.29) is 11.7 Å². The SMILES string of the molecule is O=C(Cc1ccc(F)cc1)N1CCC(c2ncc[nH]2)CC1. The first-order valence-corrected chi connectivity index (χ1v) is 7.24. The Labute approximate surface area is 123 Å². The maximum Gasteiger partial charge on any atom is 0.226 e. The summed E-state index contributed by atoms with van der Waals surface area (Å²) in [5.74, 6) is 1.26. The molecular weight excluding hydrogens is 269 g/mol. The molecule has 1 amide bonds. The third kappa shape index (κ3) is 3.29. The quantitative estimate of drug-likeness (QED) is 0.943. The number of aromatic nitrogens is 2. The molecule has 0 aliphatic carbocycles. The summed E-state index contributed by atoms with van der Waals surface area (Å²) in [7, 11) is 0. The van der Waals surface area contributed by atoms with Gasteiger partial charge in [-0.2, -0.15) is 0 Å². The molecule has 0 atom stereocenters. The number of nitrogens with zero attached hydrogens (tertiary/aromatic N) is 2. The van der Waals surface area contributed by atoms with Crippen molar-refractivity contribution in [3.63, 3.8) is 0 Å². The van der Waals surface area contributed by atoms with E-state index in [2.05, 4.69) is 9.97 Å². The molecule has 3 rings (SSSR count). The molecule has 1 aliphatic rings. The molecule has 1 saturated heterocycles. The zero-order valence-electron chi connectivity index (χ0n) is 11.8. The molecule has 0 spiro atoms. The minimum absolute atomic E-state index is 0.111. The highest BCUT2D eigenvalue weighted by Gasteiger charge is 2.24. The molecule has 5 heteroatoms. The zero-order chi connectivity index (χ0) is 14.7. The van der Waals surface area contributed by atoms with Crippen LogP contribution < -0.4 is 0 Å². The highest BCUT2D eigenvalue weighted by molar-refractivity contribution is 5.78. The summed E-state index contributed by atoms with van der Waals surface area (Å²) >= 11 is 0. The lowest BCUT2D eigenvalue weighted by Gasteiger charge is -2.31. The van der Waals surface area contributed by atoms with E-state index in [1.807, 2.05) is 11.1 Å². The van der Waals surface area contributed by atoms with Gasteiger partial charge in [0.25, 0.3) is 0 Å². The van der Waals surface area contributed by atoms with Crippen LogP contribution in [0.1, 0.15) is 30.1 Å². The van der Waals surface area contributed by atoms with Gasteiger partial charge in [0.05, 0.1) is 6.42 Å². The first kappa shape index (κ1) is 13.8. The summed E-state index contributed by atoms with van der Waals surface area (Å²) in [6.07, 6.45) is 5.81. The van der Waals surface area contributed by atoms with Gasteiger partial charge in [-0.15, -0.1) is 0 Å². The number of carbonyl (C=O) groups is 1. The van der Waals surface area contributed by atoms with E-state index >= 15 is 0 Å². The minimum atomic E-state index is -0.273. The van der Waals surface area contributed by atoms with Crippen LogP contribution in [-0.2, 0) is 11.2 Å². The average molecular weight is 287 g/mol. The maximum absolute atomic E-state index is 12.9. The Kier molecular flexibility index (Phi) is 3.99. The summed E-state index contributed by atoms with van der Waals surface area (Å²) in [5.41, 5.74) is 0.856. The van der Waals surface area contributed by atoms with Crippen molar-refractivity contribution in [2.45, 2.75) is 25.2 Å². The van der Waals surface area contributed by atoms with Gasteiger partial charge in [-0.25, -0.2) is 9.37 Å². The van der Waals surface area contributed by atoms with Crippen LogP contribution in [0.4, 0.5) is 4.39 Å². The van der Waals surface area contributed by atoms with Crippen molar-refractivity contribution >= 4 is 5.91 Å². The van der Waals surface area contributed by atoms with Crippen molar-refractivity contribution in [1.29, 1.82) is 0 Å².